The van der Waals surface area contributed by atoms with Crippen molar-refractivity contribution in [2.75, 3.05) is 0 Å². The minimum absolute atomic E-state index is 0.00182. The van der Waals surface area contributed by atoms with Crippen LogP contribution in [-0.2, 0) is 5.41 Å². The third-order valence-corrected chi connectivity index (χ3v) is 14.0. The molecule has 2 aliphatic heterocycles. The normalized spacial score (nSPS) is 12.7. The van der Waals surface area contributed by atoms with Crippen molar-refractivity contribution in [1.82, 2.24) is 9.55 Å². The summed E-state index contributed by atoms with van der Waals surface area (Å²) in [6.45, 7) is 9.14. The van der Waals surface area contributed by atoms with Crippen molar-refractivity contribution in [3.05, 3.63) is 199 Å². The van der Waals surface area contributed by atoms with E-state index in [9.17, 15) is 0 Å². The van der Waals surface area contributed by atoms with Crippen LogP contribution in [-0.4, -0.2) is 16.3 Å². The molecule has 2 aliphatic rings. The maximum Gasteiger partial charge on any atom is 0.244 e. The van der Waals surface area contributed by atoms with Crippen molar-refractivity contribution in [1.29, 1.82) is 0 Å². The fourth-order valence-electron chi connectivity index (χ4n) is 11.0. The van der Waals surface area contributed by atoms with Crippen molar-refractivity contribution in [3.63, 3.8) is 0 Å². The smallest absolute Gasteiger partial charge is 0.244 e. The Labute approximate surface area is 373 Å². The van der Waals surface area contributed by atoms with Crippen LogP contribution < -0.4 is 21.1 Å². The molecule has 0 radical (unpaired) electrons. The topological polar surface area (TPSA) is 27.1 Å². The lowest BCUT2D eigenvalue weighted by Crippen LogP contribution is -2.57. The van der Waals surface area contributed by atoms with Gasteiger partial charge in [-0.25, -0.2) is 4.98 Å². The van der Waals surface area contributed by atoms with Gasteiger partial charge in [0.2, 0.25) is 6.71 Å². The Balaban J connectivity index is 0.916. The number of aromatic nitrogens is 2. The molecule has 0 N–H and O–H groups in total. The standard InChI is InChI=1S/C60H43BN2O/c1-36-24-25-40(39-16-7-17-43(30-39)64-44-26-27-46-45-18-5-6-23-54(45)63(55(46)35-44)56-34-42(28-29-62-56)60(2,3)4)31-49(36)41-32-50-47-19-8-12-37-14-10-21-52(57(37)47)61-53-22-11-15-38-13-9-20-48(58(38)53)51(33-41)59(50)61/h5-35H,1-4H3. The first-order valence-electron chi connectivity index (χ1n) is 22.4. The number of pyridine rings is 1. The number of fused-ring (bicyclic) bond motifs is 7. The molecule has 4 heteroatoms. The van der Waals surface area contributed by atoms with Crippen LogP contribution in [0.25, 0.3) is 93.7 Å². The van der Waals surface area contributed by atoms with E-state index in [0.29, 0.717) is 0 Å². The van der Waals surface area contributed by atoms with Crippen LogP contribution in [0.3, 0.4) is 0 Å². The quantitative estimate of drug-likeness (QED) is 0.162. The van der Waals surface area contributed by atoms with E-state index < -0.39 is 0 Å². The molecule has 302 valence electrons. The summed E-state index contributed by atoms with van der Waals surface area (Å²) in [5, 5.41) is 7.69. The Hall–Kier alpha value is -7.69. The molecule has 13 rings (SSSR count). The summed E-state index contributed by atoms with van der Waals surface area (Å²) in [7, 11) is 0. The molecule has 0 bridgehead atoms. The first-order chi connectivity index (χ1) is 31.3. The largest absolute Gasteiger partial charge is 0.457 e. The molecule has 64 heavy (non-hydrogen) atoms. The van der Waals surface area contributed by atoms with Crippen molar-refractivity contribution in [2.45, 2.75) is 33.1 Å². The molecule has 0 unspecified atom stereocenters. The number of hydrogen-bond acceptors (Lipinski definition) is 2. The molecule has 0 amide bonds. The number of ether oxygens (including phenoxy) is 1. The Morgan fingerprint density at radius 2 is 1.11 bits per heavy atom. The van der Waals surface area contributed by atoms with Gasteiger partial charge < -0.3 is 4.74 Å². The number of benzene rings is 9. The molecule has 2 aromatic heterocycles. The van der Waals surface area contributed by atoms with Crippen molar-refractivity contribution in [3.8, 4) is 61.8 Å². The van der Waals surface area contributed by atoms with Crippen LogP contribution >= 0.6 is 0 Å². The van der Waals surface area contributed by atoms with Crippen LogP contribution in [0.4, 0.5) is 0 Å². The maximum absolute atomic E-state index is 6.74. The Morgan fingerprint density at radius 3 is 1.83 bits per heavy atom. The van der Waals surface area contributed by atoms with Gasteiger partial charge in [-0.2, -0.15) is 0 Å². The Kier molecular flexibility index (Phi) is 7.88. The number of rotatable bonds is 5. The van der Waals surface area contributed by atoms with Crippen LogP contribution in [0.15, 0.2) is 188 Å². The van der Waals surface area contributed by atoms with Gasteiger partial charge in [0.1, 0.15) is 17.3 Å². The molecule has 0 aliphatic carbocycles. The summed E-state index contributed by atoms with van der Waals surface area (Å²) >= 11 is 0. The first kappa shape index (κ1) is 36.9. The van der Waals surface area contributed by atoms with Crippen molar-refractivity contribution in [2.24, 2.45) is 0 Å². The van der Waals surface area contributed by atoms with E-state index >= 15 is 0 Å². The SMILES string of the molecule is Cc1ccc(-c2cccc(Oc3ccc4c5ccccc5n(-c5cc(C(C)(C)C)ccn5)c4c3)c2)cc1-c1cc2c3c(c1)-c1cccc4cccc(c14)B3c1cccc3cccc-2c13. The molecular weight excluding hydrogens is 775 g/mol. The zero-order valence-corrected chi connectivity index (χ0v) is 36.3. The van der Waals surface area contributed by atoms with E-state index in [-0.39, 0.29) is 12.1 Å². The molecule has 11 aromatic rings. The van der Waals surface area contributed by atoms with Crippen LogP contribution in [0.5, 0.6) is 11.5 Å². The summed E-state index contributed by atoms with van der Waals surface area (Å²) in [4.78, 5) is 4.88. The van der Waals surface area contributed by atoms with Gasteiger partial charge in [0.25, 0.3) is 0 Å². The molecule has 0 saturated carbocycles. The summed E-state index contributed by atoms with van der Waals surface area (Å²) in [6.07, 6.45) is 1.93. The lowest BCUT2D eigenvalue weighted by Gasteiger charge is -2.34. The second-order valence-electron chi connectivity index (χ2n) is 18.8. The molecule has 9 aromatic carbocycles. The highest BCUT2D eigenvalue weighted by molar-refractivity contribution is 7.01. The highest BCUT2D eigenvalue weighted by Gasteiger charge is 2.38. The minimum atomic E-state index is -0.00182. The van der Waals surface area contributed by atoms with Crippen molar-refractivity contribution >= 4 is 66.5 Å². The Bertz CT molecular complexity index is 3660. The third-order valence-electron chi connectivity index (χ3n) is 14.0. The van der Waals surface area contributed by atoms with Crippen LogP contribution in [0.1, 0.15) is 31.9 Å². The van der Waals surface area contributed by atoms with Gasteiger partial charge in [0, 0.05) is 23.0 Å². The lowest BCUT2D eigenvalue weighted by molar-refractivity contribution is 0.483. The van der Waals surface area contributed by atoms with E-state index in [2.05, 4.69) is 208 Å². The zero-order chi connectivity index (χ0) is 42.8. The van der Waals surface area contributed by atoms with Crippen LogP contribution in [0.2, 0.25) is 0 Å². The minimum Gasteiger partial charge on any atom is -0.457 e. The predicted octanol–water partition coefficient (Wildman–Crippen LogP) is 13.7. The summed E-state index contributed by atoms with van der Waals surface area (Å²) < 4.78 is 9.01. The van der Waals surface area contributed by atoms with E-state index in [4.69, 9.17) is 9.72 Å². The summed E-state index contributed by atoms with van der Waals surface area (Å²) in [5.41, 5.74) is 18.9. The van der Waals surface area contributed by atoms with Crippen molar-refractivity contribution < 1.29 is 4.74 Å². The van der Waals surface area contributed by atoms with Gasteiger partial charge in [-0.3, -0.25) is 4.57 Å². The molecule has 0 saturated heterocycles. The van der Waals surface area contributed by atoms with Gasteiger partial charge in [0.15, 0.2) is 0 Å². The van der Waals surface area contributed by atoms with E-state index in [1.807, 2.05) is 12.3 Å². The summed E-state index contributed by atoms with van der Waals surface area (Å²) in [6, 6.07) is 67.0. The number of aryl methyl sites for hydroxylation is 1. The summed E-state index contributed by atoms with van der Waals surface area (Å²) in [5.74, 6) is 2.47. The maximum atomic E-state index is 6.74. The molecule has 0 atom stereocenters. The number of para-hydroxylation sites is 1. The third kappa shape index (κ3) is 5.52. The predicted molar refractivity (Wildman–Crippen MR) is 270 cm³/mol. The van der Waals surface area contributed by atoms with E-state index in [0.717, 1.165) is 39.5 Å². The highest BCUT2D eigenvalue weighted by atomic mass is 16.5. The Morgan fingerprint density at radius 1 is 0.484 bits per heavy atom. The average molecular weight is 819 g/mol. The van der Waals surface area contributed by atoms with E-state index in [1.165, 1.54) is 93.2 Å². The highest BCUT2D eigenvalue weighted by Crippen LogP contribution is 2.43. The molecule has 3 nitrogen and oxygen atoms in total. The van der Waals surface area contributed by atoms with Crippen LogP contribution in [0, 0.1) is 6.92 Å². The van der Waals surface area contributed by atoms with E-state index in [1.54, 1.807) is 0 Å². The fraction of sp³-hybridized carbons (Fsp3) is 0.0833. The number of hydrogen-bond donors (Lipinski definition) is 0. The molecule has 4 heterocycles. The first-order valence-corrected chi connectivity index (χ1v) is 22.4. The monoisotopic (exact) mass is 818 g/mol. The molecule has 0 spiro atoms. The average Bonchev–Trinajstić information content (AvgIpc) is 3.65. The molecular formula is C60H43BN2O. The van der Waals surface area contributed by atoms with Gasteiger partial charge in [-0.05, 0) is 150 Å². The lowest BCUT2D eigenvalue weighted by atomic mass is 9.31. The second kappa shape index (κ2) is 13.7. The second-order valence-corrected chi connectivity index (χ2v) is 18.8. The van der Waals surface area contributed by atoms with Gasteiger partial charge >= 0.3 is 0 Å². The van der Waals surface area contributed by atoms with Gasteiger partial charge in [-0.1, -0.05) is 152 Å². The molecule has 0 fully saturated rings. The number of nitrogens with zero attached hydrogens (tertiary/aromatic N) is 2. The fourth-order valence-corrected chi connectivity index (χ4v) is 11.0. The van der Waals surface area contributed by atoms with Gasteiger partial charge in [0.05, 0.1) is 11.0 Å². The zero-order valence-electron chi connectivity index (χ0n) is 36.3. The van der Waals surface area contributed by atoms with Gasteiger partial charge in [-0.15, -0.1) is 0 Å².